The molecule has 0 saturated carbocycles. The van der Waals surface area contributed by atoms with E-state index in [0.29, 0.717) is 16.9 Å². The zero-order chi connectivity index (χ0) is 23.8. The van der Waals surface area contributed by atoms with Crippen LogP contribution >= 0.6 is 0 Å². The van der Waals surface area contributed by atoms with E-state index in [1.165, 1.54) is 4.90 Å². The molecule has 0 fully saturated rings. The number of aliphatic carboxylic acids is 1. The van der Waals surface area contributed by atoms with Gasteiger partial charge in [0.2, 0.25) is 0 Å². The molecule has 1 heterocycles. The number of anilines is 2. The molecule has 0 bridgehead atoms. The van der Waals surface area contributed by atoms with E-state index in [1.54, 1.807) is 4.90 Å². The van der Waals surface area contributed by atoms with Crippen molar-refractivity contribution in [3.63, 3.8) is 0 Å². The molecule has 33 heavy (non-hydrogen) atoms. The molecule has 1 unspecified atom stereocenters. The van der Waals surface area contributed by atoms with Crippen molar-refractivity contribution < 1.29 is 25.2 Å². The summed E-state index contributed by atoms with van der Waals surface area (Å²) in [6.45, 7) is 0.611. The normalized spacial score (nSPS) is 14.7. The van der Waals surface area contributed by atoms with E-state index in [9.17, 15) is 14.4 Å². The van der Waals surface area contributed by atoms with Gasteiger partial charge in [0.05, 0.1) is 17.7 Å². The van der Waals surface area contributed by atoms with Crippen LogP contribution < -0.4 is 21.7 Å². The quantitative estimate of drug-likeness (QED) is 0.295. The van der Waals surface area contributed by atoms with Crippen LogP contribution in [0.3, 0.4) is 0 Å². The number of nitrogens with one attached hydrogen (secondary N) is 1. The van der Waals surface area contributed by atoms with Crippen molar-refractivity contribution in [3.05, 3.63) is 59.7 Å². The van der Waals surface area contributed by atoms with Gasteiger partial charge in [0.15, 0.2) is 6.29 Å². The molecular formula is C24H32N5O4+. The van der Waals surface area contributed by atoms with Gasteiger partial charge in [-0.25, -0.2) is 0 Å². The number of carbonyl (C=O) groups excluding carboxylic acids is 2. The molecule has 1 aliphatic heterocycles. The van der Waals surface area contributed by atoms with Gasteiger partial charge in [-0.05, 0) is 49.1 Å². The fraction of sp³-hybridized carbons (Fsp3) is 0.375. The van der Waals surface area contributed by atoms with Crippen LogP contribution in [-0.2, 0) is 16.0 Å². The van der Waals surface area contributed by atoms with Crippen LogP contribution in [0.4, 0.5) is 11.4 Å². The van der Waals surface area contributed by atoms with E-state index in [0.717, 1.165) is 37.8 Å². The lowest BCUT2D eigenvalue weighted by Crippen LogP contribution is -2.73. The lowest BCUT2D eigenvalue weighted by molar-refractivity contribution is -0.427. The number of para-hydroxylation sites is 1. The van der Waals surface area contributed by atoms with Crippen LogP contribution in [0.1, 0.15) is 41.6 Å². The maximum atomic E-state index is 13.3. The summed E-state index contributed by atoms with van der Waals surface area (Å²) in [6.07, 6.45) is 3.25. The average Bonchev–Trinajstić information content (AvgIpc) is 2.89. The first-order valence-electron chi connectivity index (χ1n) is 11.2. The number of benzene rings is 2. The number of quaternary nitrogens is 1. The number of carbonyl (C=O) groups is 3. The fourth-order valence-electron chi connectivity index (χ4n) is 3.91. The summed E-state index contributed by atoms with van der Waals surface area (Å²) in [5.74, 6) is -1.61. The van der Waals surface area contributed by atoms with Crippen molar-refractivity contribution in [2.45, 2.75) is 38.4 Å². The first-order chi connectivity index (χ1) is 15.9. The summed E-state index contributed by atoms with van der Waals surface area (Å²) in [5, 5.41) is 12.2. The monoisotopic (exact) mass is 454 g/mol. The lowest BCUT2D eigenvalue weighted by atomic mass is 10.0. The van der Waals surface area contributed by atoms with Crippen LogP contribution in [0.15, 0.2) is 48.5 Å². The van der Waals surface area contributed by atoms with Gasteiger partial charge >= 0.3 is 5.97 Å². The van der Waals surface area contributed by atoms with Gasteiger partial charge in [-0.3, -0.25) is 30.3 Å². The van der Waals surface area contributed by atoms with E-state index in [-0.39, 0.29) is 37.6 Å². The van der Waals surface area contributed by atoms with Crippen molar-refractivity contribution in [1.82, 2.24) is 10.2 Å². The van der Waals surface area contributed by atoms with Crippen LogP contribution in [0.25, 0.3) is 0 Å². The maximum Gasteiger partial charge on any atom is 0.305 e. The number of carboxylic acid groups (broad SMARTS) is 1. The van der Waals surface area contributed by atoms with Crippen LogP contribution in [0.2, 0.25) is 0 Å². The molecule has 0 spiro atoms. The van der Waals surface area contributed by atoms with Crippen molar-refractivity contribution in [1.29, 1.82) is 0 Å². The van der Waals surface area contributed by atoms with Crippen molar-refractivity contribution >= 4 is 29.2 Å². The van der Waals surface area contributed by atoms with Crippen LogP contribution in [0, 0.1) is 0 Å². The smallest absolute Gasteiger partial charge is 0.305 e. The minimum Gasteiger partial charge on any atom is -0.481 e. The number of nitrogens with two attached hydrogens (primary N) is 1. The molecule has 0 radical (unpaired) electrons. The van der Waals surface area contributed by atoms with Gasteiger partial charge in [0.1, 0.15) is 6.54 Å². The first-order valence-corrected chi connectivity index (χ1v) is 11.2. The Bertz CT molecular complexity index is 980. The molecule has 176 valence electrons. The third-order valence-electron chi connectivity index (χ3n) is 5.55. The van der Waals surface area contributed by atoms with Gasteiger partial charge < -0.3 is 15.7 Å². The Hall–Kier alpha value is -3.27. The Kier molecular flexibility index (Phi) is 8.53. The number of aryl methyl sites for hydroxylation is 1. The highest BCUT2D eigenvalue weighted by Gasteiger charge is 2.32. The highest BCUT2D eigenvalue weighted by Crippen LogP contribution is 2.33. The maximum absolute atomic E-state index is 13.3. The van der Waals surface area contributed by atoms with Crippen LogP contribution in [0.5, 0.6) is 0 Å². The molecule has 1 aliphatic rings. The molecule has 7 N–H and O–H groups in total. The van der Waals surface area contributed by atoms with Gasteiger partial charge in [0, 0.05) is 18.8 Å². The van der Waals surface area contributed by atoms with E-state index in [1.807, 2.05) is 48.5 Å². The second-order valence-electron chi connectivity index (χ2n) is 8.16. The zero-order valence-corrected chi connectivity index (χ0v) is 18.7. The largest absolute Gasteiger partial charge is 0.481 e. The van der Waals surface area contributed by atoms with Crippen LogP contribution in [-0.4, -0.2) is 53.7 Å². The number of fused-ring (bicyclic) bond motifs is 1. The van der Waals surface area contributed by atoms with E-state index < -0.39 is 5.97 Å². The summed E-state index contributed by atoms with van der Waals surface area (Å²) in [6, 6.07) is 14.8. The summed E-state index contributed by atoms with van der Waals surface area (Å²) < 4.78 is 0. The minimum absolute atomic E-state index is 0.0202. The predicted molar refractivity (Wildman–Crippen MR) is 125 cm³/mol. The van der Waals surface area contributed by atoms with E-state index in [4.69, 9.17) is 10.8 Å². The number of amides is 2. The molecule has 1 atom stereocenters. The Morgan fingerprint density at radius 1 is 1.12 bits per heavy atom. The number of hydrogen-bond acceptors (Lipinski definition) is 5. The molecule has 2 aromatic carbocycles. The predicted octanol–water partition coefficient (Wildman–Crippen LogP) is 1.07. The summed E-state index contributed by atoms with van der Waals surface area (Å²) >= 11 is 0. The van der Waals surface area contributed by atoms with Gasteiger partial charge in [-0.1, -0.05) is 30.7 Å². The summed E-state index contributed by atoms with van der Waals surface area (Å²) in [5.41, 5.74) is 11.9. The van der Waals surface area contributed by atoms with Gasteiger partial charge in [0.25, 0.3) is 11.8 Å². The van der Waals surface area contributed by atoms with E-state index >= 15 is 0 Å². The Balaban J connectivity index is 1.83. The number of unbranched alkanes of at least 4 members (excludes halogenated alkanes) is 2. The number of nitrogens with zero attached hydrogens (tertiary/aromatic N) is 2. The van der Waals surface area contributed by atoms with Gasteiger partial charge in [-0.15, -0.1) is 0 Å². The van der Waals surface area contributed by atoms with E-state index in [2.05, 4.69) is 11.1 Å². The van der Waals surface area contributed by atoms with Gasteiger partial charge in [-0.2, -0.15) is 0 Å². The first kappa shape index (κ1) is 24.4. The number of hydrogen-bond donors (Lipinski definition) is 4. The second-order valence-corrected chi connectivity index (χ2v) is 8.16. The highest BCUT2D eigenvalue weighted by atomic mass is 16.4. The number of rotatable bonds is 11. The molecule has 3 rings (SSSR count). The standard InChI is InChI=1S/C24H31N5O4/c25-24(26)27-13-6-2-3-7-17-10-11-20-19(15-17)23(33)28(14-12-22(31)32)16-21(30)29(20)18-8-4-1-5-9-18/h1,4-5,8-11,15,24,27H,2-3,6-7,12-14,16,25-26H2,(H,31,32)/p+1. The Morgan fingerprint density at radius 2 is 1.88 bits per heavy atom. The Morgan fingerprint density at radius 3 is 2.58 bits per heavy atom. The molecule has 0 aromatic heterocycles. The fourth-order valence-corrected chi connectivity index (χ4v) is 3.91. The molecule has 9 heteroatoms. The SMILES string of the molecule is NC([NH3+])NCCCCCc1ccc2c(c1)C(=O)N(CCC(=O)O)CC(=O)N2c1ccccc1. The zero-order valence-electron chi connectivity index (χ0n) is 18.7. The molecular weight excluding hydrogens is 422 g/mol. The lowest BCUT2D eigenvalue weighted by Gasteiger charge is -2.23. The Labute approximate surface area is 193 Å². The second kappa shape index (κ2) is 11.6. The van der Waals surface area contributed by atoms with Crippen molar-refractivity contribution in [3.8, 4) is 0 Å². The third-order valence-corrected chi connectivity index (χ3v) is 5.55. The topological polar surface area (TPSA) is 144 Å². The highest BCUT2D eigenvalue weighted by molar-refractivity contribution is 6.13. The molecule has 2 aromatic rings. The summed E-state index contributed by atoms with van der Waals surface area (Å²) in [4.78, 5) is 40.4. The number of carboxylic acids is 1. The van der Waals surface area contributed by atoms with Crippen molar-refractivity contribution in [2.24, 2.45) is 5.73 Å². The third kappa shape index (κ3) is 6.61. The average molecular weight is 455 g/mol. The summed E-state index contributed by atoms with van der Waals surface area (Å²) in [7, 11) is 0. The molecule has 9 nitrogen and oxygen atoms in total. The molecule has 0 saturated heterocycles. The minimum atomic E-state index is -1.01. The molecule has 0 aliphatic carbocycles. The van der Waals surface area contributed by atoms with Crippen molar-refractivity contribution in [2.75, 3.05) is 24.5 Å². The molecule has 2 amide bonds.